The van der Waals surface area contributed by atoms with Crippen molar-refractivity contribution < 1.29 is 14.7 Å². The minimum atomic E-state index is -1.04. The van der Waals surface area contributed by atoms with Gasteiger partial charge in [-0.3, -0.25) is 14.6 Å². The van der Waals surface area contributed by atoms with E-state index in [2.05, 4.69) is 15.3 Å². The van der Waals surface area contributed by atoms with Crippen LogP contribution in [0, 0.1) is 0 Å². The highest BCUT2D eigenvalue weighted by Gasteiger charge is 2.16. The number of hydrogen-bond donors (Lipinski definition) is 1. The van der Waals surface area contributed by atoms with Crippen molar-refractivity contribution in [2.75, 3.05) is 13.6 Å². The summed E-state index contributed by atoms with van der Waals surface area (Å²) in [6.45, 7) is 0.166. The fourth-order valence-electron chi connectivity index (χ4n) is 1.74. The second-order valence-corrected chi connectivity index (χ2v) is 4.49. The monoisotopic (exact) mass is 289 g/mol. The molecule has 0 saturated heterocycles. The summed E-state index contributed by atoms with van der Waals surface area (Å²) in [6, 6.07) is 5.61. The average molecular weight is 289 g/mol. The molecule has 0 spiro atoms. The molecule has 1 N–H and O–H groups in total. The predicted octanol–water partition coefficient (Wildman–Crippen LogP) is 0.0724. The smallest absolute Gasteiger partial charge is 0.325 e. The van der Waals surface area contributed by atoms with E-state index in [1.165, 1.54) is 11.1 Å². The van der Waals surface area contributed by atoms with Crippen LogP contribution in [0.1, 0.15) is 16.2 Å². The first-order valence-corrected chi connectivity index (χ1v) is 6.33. The van der Waals surface area contributed by atoms with Gasteiger partial charge in [-0.05, 0) is 12.1 Å². The van der Waals surface area contributed by atoms with Crippen LogP contribution in [0.3, 0.4) is 0 Å². The van der Waals surface area contributed by atoms with Crippen LogP contribution >= 0.6 is 0 Å². The van der Waals surface area contributed by atoms with Crippen LogP contribution in [-0.4, -0.2) is 55.5 Å². The highest BCUT2D eigenvalue weighted by atomic mass is 16.4. The summed E-state index contributed by atoms with van der Waals surface area (Å²) in [5, 5.41) is 15.9. The second-order valence-electron chi connectivity index (χ2n) is 4.49. The quantitative estimate of drug-likeness (QED) is 0.807. The fraction of sp³-hybridized carbons (Fsp3) is 0.308. The molecule has 8 nitrogen and oxygen atoms in total. The number of pyridine rings is 1. The Morgan fingerprint density at radius 2 is 2.19 bits per heavy atom. The van der Waals surface area contributed by atoms with Gasteiger partial charge in [-0.2, -0.15) is 0 Å². The van der Waals surface area contributed by atoms with E-state index < -0.39 is 5.97 Å². The topological polar surface area (TPSA) is 101 Å². The zero-order valence-corrected chi connectivity index (χ0v) is 11.5. The summed E-state index contributed by atoms with van der Waals surface area (Å²) in [6.07, 6.45) is 3.66. The van der Waals surface area contributed by atoms with Crippen molar-refractivity contribution in [1.29, 1.82) is 0 Å². The van der Waals surface area contributed by atoms with Crippen molar-refractivity contribution >= 4 is 11.9 Å². The van der Waals surface area contributed by atoms with Crippen molar-refractivity contribution in [2.45, 2.75) is 13.0 Å². The van der Waals surface area contributed by atoms with Gasteiger partial charge in [0.05, 0.1) is 6.20 Å². The number of nitrogens with zero attached hydrogens (tertiary/aromatic N) is 5. The van der Waals surface area contributed by atoms with E-state index in [-0.39, 0.29) is 18.1 Å². The van der Waals surface area contributed by atoms with Crippen molar-refractivity contribution in [3.63, 3.8) is 0 Å². The summed E-state index contributed by atoms with van der Waals surface area (Å²) >= 11 is 0. The summed E-state index contributed by atoms with van der Waals surface area (Å²) in [4.78, 5) is 28.3. The lowest BCUT2D eigenvalue weighted by Crippen LogP contribution is -2.29. The molecule has 0 unspecified atom stereocenters. The highest BCUT2D eigenvalue weighted by Crippen LogP contribution is 2.02. The Morgan fingerprint density at radius 3 is 2.86 bits per heavy atom. The van der Waals surface area contributed by atoms with E-state index >= 15 is 0 Å². The molecule has 0 bridgehead atoms. The number of carbonyl (C=O) groups excluding carboxylic acids is 1. The molecule has 0 aliphatic rings. The Hall–Kier alpha value is -2.77. The number of carboxylic acids is 1. The van der Waals surface area contributed by atoms with Crippen LogP contribution in [0.2, 0.25) is 0 Å². The largest absolute Gasteiger partial charge is 0.480 e. The van der Waals surface area contributed by atoms with Crippen molar-refractivity contribution in [3.05, 3.63) is 42.0 Å². The first-order chi connectivity index (χ1) is 10.1. The highest BCUT2D eigenvalue weighted by molar-refractivity contribution is 5.91. The molecule has 110 valence electrons. The Labute approximate surface area is 121 Å². The lowest BCUT2D eigenvalue weighted by Gasteiger charge is -2.14. The molecule has 0 fully saturated rings. The third-order valence-electron chi connectivity index (χ3n) is 2.83. The van der Waals surface area contributed by atoms with Crippen molar-refractivity contribution in [1.82, 2.24) is 24.9 Å². The number of amides is 1. The zero-order valence-electron chi connectivity index (χ0n) is 11.5. The number of carboxylic acid groups (broad SMARTS) is 1. The summed E-state index contributed by atoms with van der Waals surface area (Å²) in [7, 11) is 1.65. The molecular weight excluding hydrogens is 274 g/mol. The molecule has 2 aromatic rings. The second kappa shape index (κ2) is 6.60. The van der Waals surface area contributed by atoms with Crippen LogP contribution in [0.15, 0.2) is 30.6 Å². The Balaban J connectivity index is 1.92. The van der Waals surface area contributed by atoms with Crippen LogP contribution in [0.25, 0.3) is 0 Å². The first kappa shape index (κ1) is 14.6. The number of likely N-dealkylation sites (N-methyl/N-ethyl adjacent to an activating group) is 1. The van der Waals surface area contributed by atoms with Gasteiger partial charge in [-0.1, -0.05) is 11.3 Å². The number of rotatable bonds is 6. The molecule has 0 radical (unpaired) electrons. The minimum absolute atomic E-state index is 0.125. The molecule has 0 aliphatic heterocycles. The molecule has 2 heterocycles. The zero-order chi connectivity index (χ0) is 15.2. The van der Waals surface area contributed by atoms with Gasteiger partial charge in [-0.25, -0.2) is 4.68 Å². The van der Waals surface area contributed by atoms with E-state index in [0.717, 1.165) is 10.4 Å². The molecule has 21 heavy (non-hydrogen) atoms. The van der Waals surface area contributed by atoms with Gasteiger partial charge in [0, 0.05) is 31.9 Å². The minimum Gasteiger partial charge on any atom is -0.480 e. The van der Waals surface area contributed by atoms with Crippen LogP contribution in [0.4, 0.5) is 0 Å². The van der Waals surface area contributed by atoms with Crippen LogP contribution in [0.5, 0.6) is 0 Å². The van der Waals surface area contributed by atoms with Gasteiger partial charge < -0.3 is 10.0 Å². The van der Waals surface area contributed by atoms with Gasteiger partial charge in [-0.15, -0.1) is 5.10 Å². The van der Waals surface area contributed by atoms with Gasteiger partial charge in [0.1, 0.15) is 6.54 Å². The number of hydrogen-bond acceptors (Lipinski definition) is 5. The molecule has 0 atom stereocenters. The van der Waals surface area contributed by atoms with Crippen molar-refractivity contribution in [2.24, 2.45) is 0 Å². The molecule has 1 amide bonds. The summed E-state index contributed by atoms with van der Waals surface area (Å²) < 4.78 is 1.11. The maximum atomic E-state index is 12.1. The number of aliphatic carboxylic acids is 1. The molecule has 0 saturated carbocycles. The summed E-state index contributed by atoms with van der Waals surface area (Å²) in [5.74, 6) is -1.34. The van der Waals surface area contributed by atoms with Gasteiger partial charge in [0.25, 0.3) is 5.91 Å². The SMILES string of the molecule is CN(CCc1ccccn1)C(=O)c1cn(CC(=O)O)nn1. The molecule has 8 heteroatoms. The van der Waals surface area contributed by atoms with Crippen LogP contribution < -0.4 is 0 Å². The Bertz CT molecular complexity index is 626. The van der Waals surface area contributed by atoms with E-state index in [0.29, 0.717) is 13.0 Å². The Kier molecular flexibility index (Phi) is 4.60. The lowest BCUT2D eigenvalue weighted by atomic mass is 10.2. The average Bonchev–Trinajstić information content (AvgIpc) is 2.92. The molecule has 0 aromatic carbocycles. The van der Waals surface area contributed by atoms with Crippen molar-refractivity contribution in [3.8, 4) is 0 Å². The number of carbonyl (C=O) groups is 2. The maximum absolute atomic E-state index is 12.1. The molecular formula is C13H15N5O3. The third kappa shape index (κ3) is 4.10. The molecule has 2 rings (SSSR count). The van der Waals surface area contributed by atoms with Gasteiger partial charge in [0.15, 0.2) is 5.69 Å². The van der Waals surface area contributed by atoms with E-state index in [9.17, 15) is 9.59 Å². The maximum Gasteiger partial charge on any atom is 0.325 e. The van der Waals surface area contributed by atoms with Gasteiger partial charge in [0.2, 0.25) is 0 Å². The van der Waals surface area contributed by atoms with E-state index in [1.54, 1.807) is 13.2 Å². The predicted molar refractivity (Wildman–Crippen MR) is 72.6 cm³/mol. The molecule has 0 aliphatic carbocycles. The summed E-state index contributed by atoms with van der Waals surface area (Å²) in [5.41, 5.74) is 1.02. The van der Waals surface area contributed by atoms with E-state index in [4.69, 9.17) is 5.11 Å². The normalized spacial score (nSPS) is 10.3. The van der Waals surface area contributed by atoms with E-state index in [1.807, 2.05) is 18.2 Å². The van der Waals surface area contributed by atoms with Crippen LogP contribution in [-0.2, 0) is 17.8 Å². The first-order valence-electron chi connectivity index (χ1n) is 6.33. The number of aromatic nitrogens is 4. The fourth-order valence-corrected chi connectivity index (χ4v) is 1.74. The lowest BCUT2D eigenvalue weighted by molar-refractivity contribution is -0.137. The molecule has 2 aromatic heterocycles. The van der Waals surface area contributed by atoms with Gasteiger partial charge >= 0.3 is 5.97 Å². The Morgan fingerprint density at radius 1 is 1.38 bits per heavy atom. The standard InChI is InChI=1S/C13H15N5O3/c1-17(7-5-10-4-2-3-6-14-10)13(21)11-8-18(16-15-11)9-12(19)20/h2-4,6,8H,5,7,9H2,1H3,(H,19,20). The third-order valence-corrected chi connectivity index (χ3v) is 2.83.